The molecule has 1 aromatic carbocycles. The van der Waals surface area contributed by atoms with Crippen LogP contribution in [0.1, 0.15) is 24.5 Å². The molecule has 1 aliphatic heterocycles. The number of hydrogen-bond acceptors (Lipinski definition) is 1. The maximum absolute atomic E-state index is 4.66. The van der Waals surface area contributed by atoms with E-state index in [1.54, 1.807) is 3.58 Å². The van der Waals surface area contributed by atoms with Crippen LogP contribution in [0.25, 0.3) is 0 Å². The third-order valence-corrected chi connectivity index (χ3v) is 6.54. The van der Waals surface area contributed by atoms with Gasteiger partial charge in [-0.2, -0.15) is 0 Å². The van der Waals surface area contributed by atoms with Gasteiger partial charge in [0.05, 0.1) is 0 Å². The van der Waals surface area contributed by atoms with Crippen molar-refractivity contribution in [2.45, 2.75) is 27.2 Å². The Balaban J connectivity index is 2.46. The van der Waals surface area contributed by atoms with E-state index in [1.165, 1.54) is 20.5 Å². The molecule has 2 rings (SSSR count). The topological polar surface area (TPSA) is 12.4 Å². The molecule has 1 aliphatic rings. The Hall–Kier alpha value is -0.311. The van der Waals surface area contributed by atoms with E-state index in [1.807, 2.05) is 0 Å². The number of aliphatic imine (C=N–C) groups is 1. The first-order valence-electron chi connectivity index (χ1n) is 4.66. The van der Waals surface area contributed by atoms with Gasteiger partial charge in [-0.15, -0.1) is 0 Å². The molecule has 0 atom stereocenters. The van der Waals surface area contributed by atoms with E-state index in [-0.39, 0.29) is 0 Å². The van der Waals surface area contributed by atoms with Crippen LogP contribution < -0.4 is 3.58 Å². The number of aryl methyl sites for hydroxylation is 2. The van der Waals surface area contributed by atoms with Gasteiger partial charge in [-0.05, 0) is 0 Å². The normalized spacial score (nSPS) is 14.2. The number of fused-ring (bicyclic) bond motifs is 1. The second-order valence-electron chi connectivity index (χ2n) is 3.49. The molecule has 13 heavy (non-hydrogen) atoms. The van der Waals surface area contributed by atoms with Gasteiger partial charge in [0.1, 0.15) is 0 Å². The summed E-state index contributed by atoms with van der Waals surface area (Å²) in [6.07, 6.45) is 1.15. The van der Waals surface area contributed by atoms with Crippen molar-refractivity contribution in [3.63, 3.8) is 0 Å². The molecule has 66 valence electrons. The van der Waals surface area contributed by atoms with Gasteiger partial charge in [0, 0.05) is 0 Å². The van der Waals surface area contributed by atoms with Gasteiger partial charge in [0.2, 0.25) is 0 Å². The summed E-state index contributed by atoms with van der Waals surface area (Å²) in [6.45, 7) is 6.57. The van der Waals surface area contributed by atoms with Crippen LogP contribution in [0.3, 0.4) is 0 Å². The van der Waals surface area contributed by atoms with Crippen LogP contribution in [-0.2, 0) is 0 Å². The number of rotatable bonds is 1. The quantitative estimate of drug-likeness (QED) is 0.697. The number of benzene rings is 1. The minimum absolute atomic E-state index is 0.461. The summed E-state index contributed by atoms with van der Waals surface area (Å²) in [7, 11) is 0. The Kier molecular flexibility index (Phi) is 2.45. The molecule has 0 aliphatic carbocycles. The molecule has 2 radical (unpaired) electrons. The second kappa shape index (κ2) is 3.44. The molecule has 2 heteroatoms. The zero-order valence-electron chi connectivity index (χ0n) is 8.31. The van der Waals surface area contributed by atoms with Gasteiger partial charge in [-0.25, -0.2) is 0 Å². The summed E-state index contributed by atoms with van der Waals surface area (Å²) >= 11 is -0.461. The Labute approximate surface area is 89.5 Å². The standard InChI is InChI=1S/C11H13N.Sn/c1-4-7-12-11-6-5-9(2)10(3)8-11;/h5,8H,4H2,1-3H3;. The van der Waals surface area contributed by atoms with Crippen LogP contribution in [0.15, 0.2) is 17.1 Å². The van der Waals surface area contributed by atoms with Crippen molar-refractivity contribution in [3.8, 4) is 0 Å². The minimum atomic E-state index is -0.461. The van der Waals surface area contributed by atoms with Crippen LogP contribution in [0.5, 0.6) is 0 Å². The van der Waals surface area contributed by atoms with Gasteiger partial charge in [-0.3, -0.25) is 0 Å². The molecule has 0 saturated carbocycles. The van der Waals surface area contributed by atoms with Crippen molar-refractivity contribution in [1.82, 2.24) is 0 Å². The molecular formula is C11H13NSn. The van der Waals surface area contributed by atoms with Gasteiger partial charge in [-0.1, -0.05) is 0 Å². The average molecular weight is 278 g/mol. The number of hydrogen-bond donors (Lipinski definition) is 0. The van der Waals surface area contributed by atoms with Crippen molar-refractivity contribution in [2.24, 2.45) is 4.99 Å². The van der Waals surface area contributed by atoms with Crippen LogP contribution in [0.2, 0.25) is 0 Å². The predicted molar refractivity (Wildman–Crippen MR) is 58.7 cm³/mol. The first-order chi connectivity index (χ1) is 6.20. The monoisotopic (exact) mass is 279 g/mol. The molecule has 0 N–H and O–H groups in total. The van der Waals surface area contributed by atoms with Crippen LogP contribution in [-0.4, -0.2) is 24.9 Å². The Morgan fingerprint density at radius 1 is 1.23 bits per heavy atom. The van der Waals surface area contributed by atoms with Crippen molar-refractivity contribution >= 4 is 34.1 Å². The van der Waals surface area contributed by atoms with Crippen LogP contribution in [0, 0.1) is 13.8 Å². The summed E-state index contributed by atoms with van der Waals surface area (Å²) in [4.78, 5) is 4.66. The Morgan fingerprint density at radius 3 is 2.62 bits per heavy atom. The van der Waals surface area contributed by atoms with E-state index < -0.39 is 21.1 Å². The first-order valence-corrected chi connectivity index (χ1v) is 7.52. The van der Waals surface area contributed by atoms with E-state index in [2.05, 4.69) is 37.9 Å². The van der Waals surface area contributed by atoms with E-state index in [0.717, 1.165) is 6.42 Å². The zero-order chi connectivity index (χ0) is 9.42. The number of nitrogens with zero attached hydrogens (tertiary/aromatic N) is 1. The molecule has 0 fully saturated rings. The van der Waals surface area contributed by atoms with E-state index in [4.69, 9.17) is 0 Å². The summed E-state index contributed by atoms with van der Waals surface area (Å²) in [5.74, 6) is 0. The molecule has 0 saturated heterocycles. The van der Waals surface area contributed by atoms with Crippen molar-refractivity contribution in [1.29, 1.82) is 0 Å². The fourth-order valence-electron chi connectivity index (χ4n) is 1.49. The van der Waals surface area contributed by atoms with Crippen LogP contribution >= 0.6 is 0 Å². The Bertz CT molecular complexity index is 380. The molecule has 1 nitrogen and oxygen atoms in total. The molecule has 0 unspecified atom stereocenters. The summed E-state index contributed by atoms with van der Waals surface area (Å²) in [5, 5.41) is 0. The summed E-state index contributed by atoms with van der Waals surface area (Å²) in [6, 6.07) is 4.59. The van der Waals surface area contributed by atoms with Gasteiger partial charge in [0.15, 0.2) is 0 Å². The SMILES string of the molecule is CC[C]1=Nc2cc(C)c(C)c[c]2[Sn]1. The van der Waals surface area contributed by atoms with Crippen molar-refractivity contribution < 1.29 is 0 Å². The fraction of sp³-hybridized carbons (Fsp3) is 0.364. The molecule has 0 aromatic heterocycles. The molecular weight excluding hydrogens is 265 g/mol. The zero-order valence-corrected chi connectivity index (χ0v) is 11.2. The van der Waals surface area contributed by atoms with Gasteiger partial charge in [0.25, 0.3) is 0 Å². The van der Waals surface area contributed by atoms with Gasteiger partial charge >= 0.3 is 89.6 Å². The molecule has 0 bridgehead atoms. The van der Waals surface area contributed by atoms with Crippen molar-refractivity contribution in [3.05, 3.63) is 23.3 Å². The molecule has 1 heterocycles. The predicted octanol–water partition coefficient (Wildman–Crippen LogP) is 2.09. The molecule has 1 aromatic rings. The second-order valence-corrected chi connectivity index (χ2v) is 7.39. The Morgan fingerprint density at radius 2 is 1.92 bits per heavy atom. The molecule has 0 spiro atoms. The van der Waals surface area contributed by atoms with Gasteiger partial charge < -0.3 is 0 Å². The van der Waals surface area contributed by atoms with Crippen molar-refractivity contribution in [2.75, 3.05) is 0 Å². The molecule has 0 amide bonds. The third-order valence-electron chi connectivity index (χ3n) is 2.48. The summed E-state index contributed by atoms with van der Waals surface area (Å²) < 4.78 is 3.06. The van der Waals surface area contributed by atoms with E-state index in [9.17, 15) is 0 Å². The third kappa shape index (κ3) is 1.66. The fourth-order valence-corrected chi connectivity index (χ4v) is 4.94. The van der Waals surface area contributed by atoms with Crippen LogP contribution in [0.4, 0.5) is 5.69 Å². The first kappa shape index (κ1) is 9.25. The maximum atomic E-state index is 4.66. The average Bonchev–Trinajstić information content (AvgIpc) is 2.48. The van der Waals surface area contributed by atoms with E-state index in [0.29, 0.717) is 0 Å². The summed E-state index contributed by atoms with van der Waals surface area (Å²) in [5.41, 5.74) is 4.07. The van der Waals surface area contributed by atoms with E-state index >= 15 is 0 Å².